The highest BCUT2D eigenvalue weighted by Gasteiger charge is 2.07. The molecular formula is C16H14BrN3O. The molecule has 0 saturated heterocycles. The third-order valence-electron chi connectivity index (χ3n) is 3.35. The molecule has 0 fully saturated rings. The van der Waals surface area contributed by atoms with Crippen molar-refractivity contribution in [2.24, 2.45) is 0 Å². The zero-order valence-corrected chi connectivity index (χ0v) is 13.1. The lowest BCUT2D eigenvalue weighted by Gasteiger charge is -2.08. The average Bonchev–Trinajstić information content (AvgIpc) is 2.51. The van der Waals surface area contributed by atoms with Gasteiger partial charge in [0.2, 0.25) is 0 Å². The molecule has 21 heavy (non-hydrogen) atoms. The quantitative estimate of drug-likeness (QED) is 0.789. The SMILES string of the molecule is COc1ccc2cccc(Cc3ncc(Br)c(N)n3)c2c1. The first-order valence-corrected chi connectivity index (χ1v) is 7.29. The van der Waals surface area contributed by atoms with Crippen molar-refractivity contribution in [2.45, 2.75) is 6.42 Å². The Kier molecular flexibility index (Phi) is 3.75. The minimum atomic E-state index is 0.456. The molecule has 106 valence electrons. The van der Waals surface area contributed by atoms with E-state index in [2.05, 4.69) is 44.1 Å². The van der Waals surface area contributed by atoms with Gasteiger partial charge in [-0.25, -0.2) is 9.97 Å². The summed E-state index contributed by atoms with van der Waals surface area (Å²) in [4.78, 5) is 8.62. The number of nitrogens with two attached hydrogens (primary N) is 1. The maximum atomic E-state index is 5.81. The molecule has 4 nitrogen and oxygen atoms in total. The van der Waals surface area contributed by atoms with Crippen LogP contribution in [0.25, 0.3) is 10.8 Å². The summed E-state index contributed by atoms with van der Waals surface area (Å²) >= 11 is 3.31. The molecule has 0 aliphatic carbocycles. The summed E-state index contributed by atoms with van der Waals surface area (Å²) in [5.41, 5.74) is 6.96. The number of rotatable bonds is 3. The zero-order chi connectivity index (χ0) is 14.8. The summed E-state index contributed by atoms with van der Waals surface area (Å²) in [6, 6.07) is 12.2. The molecule has 3 aromatic rings. The normalized spacial score (nSPS) is 10.8. The van der Waals surface area contributed by atoms with Crippen LogP contribution < -0.4 is 10.5 Å². The van der Waals surface area contributed by atoms with Gasteiger partial charge >= 0.3 is 0 Å². The maximum Gasteiger partial charge on any atom is 0.141 e. The van der Waals surface area contributed by atoms with Crippen LogP contribution >= 0.6 is 15.9 Å². The van der Waals surface area contributed by atoms with Crippen molar-refractivity contribution in [1.29, 1.82) is 0 Å². The first kappa shape index (κ1) is 13.8. The second-order valence-corrected chi connectivity index (χ2v) is 5.55. The second-order valence-electron chi connectivity index (χ2n) is 4.70. The Balaban J connectivity index is 2.05. The molecule has 0 spiro atoms. The second kappa shape index (κ2) is 5.69. The molecule has 3 rings (SSSR count). The molecular weight excluding hydrogens is 330 g/mol. The van der Waals surface area contributed by atoms with Crippen LogP contribution in [0, 0.1) is 0 Å². The van der Waals surface area contributed by atoms with Crippen molar-refractivity contribution in [3.05, 3.63) is 58.5 Å². The van der Waals surface area contributed by atoms with E-state index in [9.17, 15) is 0 Å². The fourth-order valence-corrected chi connectivity index (χ4v) is 2.46. The first-order chi connectivity index (χ1) is 10.2. The number of nitrogens with zero attached hydrogens (tertiary/aromatic N) is 2. The number of aromatic nitrogens is 2. The number of nitrogen functional groups attached to an aromatic ring is 1. The highest BCUT2D eigenvalue weighted by Crippen LogP contribution is 2.25. The van der Waals surface area contributed by atoms with E-state index in [4.69, 9.17) is 10.5 Å². The zero-order valence-electron chi connectivity index (χ0n) is 11.5. The van der Waals surface area contributed by atoms with Crippen molar-refractivity contribution in [3.8, 4) is 5.75 Å². The van der Waals surface area contributed by atoms with E-state index in [-0.39, 0.29) is 0 Å². The highest BCUT2D eigenvalue weighted by molar-refractivity contribution is 9.10. The standard InChI is InChI=1S/C16H14BrN3O/c1-21-12-6-5-10-3-2-4-11(13(10)8-12)7-15-19-9-14(17)16(18)20-15/h2-6,8-9H,7H2,1H3,(H2,18,19,20). The van der Waals surface area contributed by atoms with Crippen LogP contribution in [0.1, 0.15) is 11.4 Å². The van der Waals surface area contributed by atoms with Gasteiger partial charge in [-0.3, -0.25) is 0 Å². The number of fused-ring (bicyclic) bond motifs is 1. The summed E-state index contributed by atoms with van der Waals surface area (Å²) in [6.45, 7) is 0. The van der Waals surface area contributed by atoms with E-state index in [1.54, 1.807) is 13.3 Å². The molecule has 5 heteroatoms. The summed E-state index contributed by atoms with van der Waals surface area (Å²) in [6.07, 6.45) is 2.31. The lowest BCUT2D eigenvalue weighted by atomic mass is 10.0. The van der Waals surface area contributed by atoms with Crippen LogP contribution in [-0.2, 0) is 6.42 Å². The number of methoxy groups -OCH3 is 1. The molecule has 0 radical (unpaired) electrons. The fourth-order valence-electron chi connectivity index (χ4n) is 2.27. The minimum absolute atomic E-state index is 0.456. The van der Waals surface area contributed by atoms with Crippen molar-refractivity contribution < 1.29 is 4.74 Å². The molecule has 1 aromatic heterocycles. The fraction of sp³-hybridized carbons (Fsp3) is 0.125. The molecule has 0 unspecified atom stereocenters. The Morgan fingerprint density at radius 3 is 2.86 bits per heavy atom. The van der Waals surface area contributed by atoms with Gasteiger partial charge in [0, 0.05) is 12.6 Å². The van der Waals surface area contributed by atoms with Crippen LogP contribution in [0.15, 0.2) is 47.1 Å². The molecule has 1 heterocycles. The molecule has 0 amide bonds. The van der Waals surface area contributed by atoms with Crippen LogP contribution in [-0.4, -0.2) is 17.1 Å². The van der Waals surface area contributed by atoms with Crippen molar-refractivity contribution in [3.63, 3.8) is 0 Å². The van der Waals surface area contributed by atoms with Crippen LogP contribution in [0.5, 0.6) is 5.75 Å². The van der Waals surface area contributed by atoms with E-state index in [1.165, 1.54) is 5.39 Å². The van der Waals surface area contributed by atoms with Gasteiger partial charge in [-0.05, 0) is 44.4 Å². The van der Waals surface area contributed by atoms with Gasteiger partial charge in [0.25, 0.3) is 0 Å². The smallest absolute Gasteiger partial charge is 0.141 e. The topological polar surface area (TPSA) is 61.0 Å². The molecule has 0 aliphatic heterocycles. The molecule has 0 saturated carbocycles. The molecule has 0 bridgehead atoms. The Bertz CT molecular complexity index is 805. The van der Waals surface area contributed by atoms with Gasteiger partial charge in [0.05, 0.1) is 11.6 Å². The van der Waals surface area contributed by atoms with Crippen LogP contribution in [0.2, 0.25) is 0 Å². The number of ether oxygens (including phenoxy) is 1. The molecule has 0 aliphatic rings. The van der Waals surface area contributed by atoms with Gasteiger partial charge in [0.15, 0.2) is 0 Å². The lowest BCUT2D eigenvalue weighted by molar-refractivity contribution is 0.415. The Hall–Kier alpha value is -2.14. The van der Waals surface area contributed by atoms with E-state index in [0.29, 0.717) is 22.5 Å². The van der Waals surface area contributed by atoms with E-state index in [1.807, 2.05) is 18.2 Å². The van der Waals surface area contributed by atoms with E-state index in [0.717, 1.165) is 16.7 Å². The lowest BCUT2D eigenvalue weighted by Crippen LogP contribution is -2.01. The summed E-state index contributed by atoms with van der Waals surface area (Å²) in [7, 11) is 1.67. The summed E-state index contributed by atoms with van der Waals surface area (Å²) in [5.74, 6) is 2.00. The van der Waals surface area contributed by atoms with Gasteiger partial charge in [-0.15, -0.1) is 0 Å². The third kappa shape index (κ3) is 2.83. The number of hydrogen-bond acceptors (Lipinski definition) is 4. The van der Waals surface area contributed by atoms with Gasteiger partial charge in [0.1, 0.15) is 17.4 Å². The predicted octanol–water partition coefficient (Wildman–Crippen LogP) is 3.57. The predicted molar refractivity (Wildman–Crippen MR) is 87.5 cm³/mol. The first-order valence-electron chi connectivity index (χ1n) is 6.50. The molecule has 0 atom stereocenters. The van der Waals surface area contributed by atoms with E-state index >= 15 is 0 Å². The van der Waals surface area contributed by atoms with Gasteiger partial charge < -0.3 is 10.5 Å². The third-order valence-corrected chi connectivity index (χ3v) is 3.96. The number of hydrogen-bond donors (Lipinski definition) is 1. The maximum absolute atomic E-state index is 5.81. The van der Waals surface area contributed by atoms with Crippen LogP contribution in [0.3, 0.4) is 0 Å². The monoisotopic (exact) mass is 343 g/mol. The minimum Gasteiger partial charge on any atom is -0.497 e. The van der Waals surface area contributed by atoms with Crippen molar-refractivity contribution in [1.82, 2.24) is 9.97 Å². The van der Waals surface area contributed by atoms with E-state index < -0.39 is 0 Å². The van der Waals surface area contributed by atoms with Crippen LogP contribution in [0.4, 0.5) is 5.82 Å². The average molecular weight is 344 g/mol. The highest BCUT2D eigenvalue weighted by atomic mass is 79.9. The number of halogens is 1. The van der Waals surface area contributed by atoms with Gasteiger partial charge in [-0.1, -0.05) is 24.3 Å². The largest absolute Gasteiger partial charge is 0.497 e. The van der Waals surface area contributed by atoms with Crippen molar-refractivity contribution in [2.75, 3.05) is 12.8 Å². The molecule has 2 aromatic carbocycles. The molecule has 2 N–H and O–H groups in total. The Morgan fingerprint density at radius 2 is 2.10 bits per heavy atom. The van der Waals surface area contributed by atoms with Crippen molar-refractivity contribution >= 4 is 32.5 Å². The summed E-state index contributed by atoms with van der Waals surface area (Å²) < 4.78 is 6.02. The number of anilines is 1. The summed E-state index contributed by atoms with van der Waals surface area (Å²) in [5, 5.41) is 2.31. The Morgan fingerprint density at radius 1 is 1.24 bits per heavy atom. The number of benzene rings is 2. The van der Waals surface area contributed by atoms with Gasteiger partial charge in [-0.2, -0.15) is 0 Å². The Labute approximate surface area is 131 Å².